The zero-order valence-electron chi connectivity index (χ0n) is 13.2. The number of amides is 1. The lowest BCUT2D eigenvalue weighted by molar-refractivity contribution is -0.137. The van der Waals surface area contributed by atoms with Gasteiger partial charge in [-0.3, -0.25) is 9.69 Å². The van der Waals surface area contributed by atoms with Crippen molar-refractivity contribution in [1.29, 1.82) is 0 Å². The second kappa shape index (κ2) is 6.49. The number of nitrogens with zero attached hydrogens (tertiary/aromatic N) is 2. The van der Waals surface area contributed by atoms with Crippen molar-refractivity contribution in [1.82, 2.24) is 9.80 Å². The minimum absolute atomic E-state index is 0.00860. The summed E-state index contributed by atoms with van der Waals surface area (Å²) in [5.74, 6) is 0.00860. The summed E-state index contributed by atoms with van der Waals surface area (Å²) in [5, 5.41) is 10.6. The molecule has 0 radical (unpaired) electrons. The predicted molar refractivity (Wildman–Crippen MR) is 79.7 cm³/mol. The molecule has 0 saturated carbocycles. The van der Waals surface area contributed by atoms with E-state index >= 15 is 0 Å². The summed E-state index contributed by atoms with van der Waals surface area (Å²) >= 11 is 0. The molecule has 0 aliphatic carbocycles. The Hall–Kier alpha value is -1.60. The minimum Gasteiger partial charge on any atom is -0.384 e. The van der Waals surface area contributed by atoms with Gasteiger partial charge in [0.2, 0.25) is 5.91 Å². The summed E-state index contributed by atoms with van der Waals surface area (Å²) in [6, 6.07) is 4.79. The van der Waals surface area contributed by atoms with Gasteiger partial charge in [-0.2, -0.15) is 13.2 Å². The number of hydrogen-bond donors (Lipinski definition) is 1. The quantitative estimate of drug-likeness (QED) is 0.923. The summed E-state index contributed by atoms with van der Waals surface area (Å²) < 4.78 is 38.4. The molecule has 23 heavy (non-hydrogen) atoms. The van der Waals surface area contributed by atoms with E-state index in [1.165, 1.54) is 26.0 Å². The average molecular weight is 330 g/mol. The summed E-state index contributed by atoms with van der Waals surface area (Å²) in [6.07, 6.45) is -4.43. The highest BCUT2D eigenvalue weighted by atomic mass is 19.4. The van der Waals surface area contributed by atoms with Crippen LogP contribution >= 0.6 is 0 Å². The topological polar surface area (TPSA) is 43.8 Å². The first-order chi connectivity index (χ1) is 10.6. The Kier molecular flexibility index (Phi) is 5.01. The molecule has 1 N–H and O–H groups in total. The first-order valence-corrected chi connectivity index (χ1v) is 7.47. The van der Waals surface area contributed by atoms with Gasteiger partial charge in [0.15, 0.2) is 0 Å². The van der Waals surface area contributed by atoms with Crippen molar-refractivity contribution < 1.29 is 23.1 Å². The number of carbonyl (C=O) groups excluding carboxylic acids is 1. The largest absolute Gasteiger partial charge is 0.416 e. The highest BCUT2D eigenvalue weighted by Crippen LogP contribution is 2.32. The standard InChI is InChI=1S/C16H21F3N2O2/c1-12(22)21-8-6-20(7-9-21)11-15(2,23)13-4-3-5-14(10-13)16(17,18)19/h3-5,10,23H,6-9,11H2,1-2H3/t15-/m0/s1. The van der Waals surface area contributed by atoms with E-state index in [0.717, 1.165) is 12.1 Å². The lowest BCUT2D eigenvalue weighted by Gasteiger charge is -2.38. The van der Waals surface area contributed by atoms with Crippen LogP contribution in [0.15, 0.2) is 24.3 Å². The van der Waals surface area contributed by atoms with Gasteiger partial charge in [-0.15, -0.1) is 0 Å². The van der Waals surface area contributed by atoms with Gasteiger partial charge in [0.05, 0.1) is 11.2 Å². The second-order valence-electron chi connectivity index (χ2n) is 6.13. The Morgan fingerprint density at radius 2 is 1.74 bits per heavy atom. The van der Waals surface area contributed by atoms with Crippen LogP contribution in [0.3, 0.4) is 0 Å². The van der Waals surface area contributed by atoms with E-state index in [1.807, 2.05) is 4.90 Å². The van der Waals surface area contributed by atoms with Gasteiger partial charge < -0.3 is 10.0 Å². The molecule has 1 heterocycles. The predicted octanol–water partition coefficient (Wildman–Crippen LogP) is 2.08. The van der Waals surface area contributed by atoms with Gasteiger partial charge in [-0.1, -0.05) is 12.1 Å². The molecule has 1 saturated heterocycles. The smallest absolute Gasteiger partial charge is 0.384 e. The molecule has 4 nitrogen and oxygen atoms in total. The third-order valence-electron chi connectivity index (χ3n) is 4.16. The zero-order valence-corrected chi connectivity index (χ0v) is 13.2. The third kappa shape index (κ3) is 4.45. The van der Waals surface area contributed by atoms with E-state index in [1.54, 1.807) is 4.90 Å². The Balaban J connectivity index is 2.06. The van der Waals surface area contributed by atoms with Crippen LogP contribution < -0.4 is 0 Å². The van der Waals surface area contributed by atoms with Gasteiger partial charge in [-0.25, -0.2) is 0 Å². The molecule has 128 valence electrons. The molecule has 2 rings (SSSR count). The molecule has 1 atom stereocenters. The molecular weight excluding hydrogens is 309 g/mol. The fourth-order valence-electron chi connectivity index (χ4n) is 2.78. The van der Waals surface area contributed by atoms with Crippen LogP contribution in [0.25, 0.3) is 0 Å². The lowest BCUT2D eigenvalue weighted by atomic mass is 9.93. The number of carbonyl (C=O) groups is 1. The van der Waals surface area contributed by atoms with Gasteiger partial charge in [0, 0.05) is 39.6 Å². The zero-order chi connectivity index (χ0) is 17.3. The van der Waals surface area contributed by atoms with Crippen molar-refractivity contribution >= 4 is 5.91 Å². The van der Waals surface area contributed by atoms with Crippen LogP contribution in [0.2, 0.25) is 0 Å². The molecule has 0 bridgehead atoms. The molecule has 1 aromatic carbocycles. The SMILES string of the molecule is CC(=O)N1CCN(C[C@](C)(O)c2cccc(C(F)(F)F)c2)CC1. The van der Waals surface area contributed by atoms with Crippen molar-refractivity contribution in [2.45, 2.75) is 25.6 Å². The van der Waals surface area contributed by atoms with E-state index in [0.29, 0.717) is 26.2 Å². The molecule has 0 unspecified atom stereocenters. The monoisotopic (exact) mass is 330 g/mol. The molecule has 1 aliphatic rings. The Bertz CT molecular complexity index is 565. The number of hydrogen-bond acceptors (Lipinski definition) is 3. The fraction of sp³-hybridized carbons (Fsp3) is 0.562. The number of benzene rings is 1. The van der Waals surface area contributed by atoms with Gasteiger partial charge in [-0.05, 0) is 24.6 Å². The number of alkyl halides is 3. The maximum atomic E-state index is 12.8. The summed E-state index contributed by atoms with van der Waals surface area (Å²) in [4.78, 5) is 15.0. The van der Waals surface area contributed by atoms with Crippen LogP contribution in [0.1, 0.15) is 25.0 Å². The molecule has 1 aliphatic heterocycles. The number of rotatable bonds is 3. The van der Waals surface area contributed by atoms with E-state index < -0.39 is 17.3 Å². The number of β-amino-alcohol motifs (C(OH)–C–C–N with tert-alkyl or cyclic N) is 1. The number of piperazine rings is 1. The Morgan fingerprint density at radius 3 is 2.26 bits per heavy atom. The second-order valence-corrected chi connectivity index (χ2v) is 6.13. The molecule has 1 aromatic rings. The summed E-state index contributed by atoms with van der Waals surface area (Å²) in [7, 11) is 0. The van der Waals surface area contributed by atoms with Crippen molar-refractivity contribution in [3.8, 4) is 0 Å². The maximum Gasteiger partial charge on any atom is 0.416 e. The molecule has 7 heteroatoms. The Morgan fingerprint density at radius 1 is 1.17 bits per heavy atom. The van der Waals surface area contributed by atoms with Gasteiger partial charge in [0.1, 0.15) is 0 Å². The number of halogens is 3. The van der Waals surface area contributed by atoms with E-state index in [4.69, 9.17) is 0 Å². The van der Waals surface area contributed by atoms with Crippen molar-refractivity contribution in [3.05, 3.63) is 35.4 Å². The number of aliphatic hydroxyl groups is 1. The lowest BCUT2D eigenvalue weighted by Crippen LogP contribution is -2.51. The van der Waals surface area contributed by atoms with Crippen molar-refractivity contribution in [3.63, 3.8) is 0 Å². The summed E-state index contributed by atoms with van der Waals surface area (Å²) in [6.45, 7) is 5.56. The van der Waals surface area contributed by atoms with Gasteiger partial charge >= 0.3 is 6.18 Å². The highest BCUT2D eigenvalue weighted by Gasteiger charge is 2.34. The first kappa shape index (κ1) is 17.7. The third-order valence-corrected chi connectivity index (χ3v) is 4.16. The first-order valence-electron chi connectivity index (χ1n) is 7.47. The van der Waals surface area contributed by atoms with Crippen molar-refractivity contribution in [2.24, 2.45) is 0 Å². The Labute approximate surface area is 133 Å². The fourth-order valence-corrected chi connectivity index (χ4v) is 2.78. The molecule has 1 amide bonds. The van der Waals surface area contributed by atoms with Crippen molar-refractivity contribution in [2.75, 3.05) is 32.7 Å². The molecule has 1 fully saturated rings. The highest BCUT2D eigenvalue weighted by molar-refractivity contribution is 5.73. The maximum absolute atomic E-state index is 12.8. The van der Waals surface area contributed by atoms with E-state index in [9.17, 15) is 23.1 Å². The molecule has 0 spiro atoms. The summed E-state index contributed by atoms with van der Waals surface area (Å²) in [5.41, 5.74) is -1.92. The van der Waals surface area contributed by atoms with Crippen LogP contribution in [-0.2, 0) is 16.6 Å². The van der Waals surface area contributed by atoms with Crippen LogP contribution in [0.4, 0.5) is 13.2 Å². The normalized spacial score (nSPS) is 19.5. The van der Waals surface area contributed by atoms with Crippen LogP contribution in [-0.4, -0.2) is 53.5 Å². The van der Waals surface area contributed by atoms with E-state index in [-0.39, 0.29) is 18.0 Å². The molecule has 0 aromatic heterocycles. The van der Waals surface area contributed by atoms with Crippen LogP contribution in [0.5, 0.6) is 0 Å². The average Bonchev–Trinajstić information content (AvgIpc) is 2.46. The molecular formula is C16H21F3N2O2. The van der Waals surface area contributed by atoms with Gasteiger partial charge in [0.25, 0.3) is 0 Å². The minimum atomic E-state index is -4.43. The van der Waals surface area contributed by atoms with Crippen LogP contribution in [0, 0.1) is 0 Å². The van der Waals surface area contributed by atoms with E-state index in [2.05, 4.69) is 0 Å².